The van der Waals surface area contributed by atoms with Crippen LogP contribution in [0.15, 0.2) is 11.1 Å². The van der Waals surface area contributed by atoms with Gasteiger partial charge in [0.1, 0.15) is 4.83 Å². The van der Waals surface area contributed by atoms with Crippen molar-refractivity contribution in [1.82, 2.24) is 15.3 Å². The molecule has 0 aromatic carbocycles. The van der Waals surface area contributed by atoms with Crippen LogP contribution in [-0.4, -0.2) is 33.1 Å². The van der Waals surface area contributed by atoms with Gasteiger partial charge in [0, 0.05) is 6.04 Å². The van der Waals surface area contributed by atoms with Gasteiger partial charge in [0.05, 0.1) is 22.7 Å². The number of fused-ring (bicyclic) bond motifs is 1. The van der Waals surface area contributed by atoms with Crippen molar-refractivity contribution in [2.24, 2.45) is 0 Å². The maximum absolute atomic E-state index is 12.2. The first-order chi connectivity index (χ1) is 9.40. The number of hydrogen-bond acceptors (Lipinski definition) is 5. The van der Waals surface area contributed by atoms with Crippen molar-refractivity contribution < 1.29 is 9.90 Å². The van der Waals surface area contributed by atoms with E-state index in [-0.39, 0.29) is 17.5 Å². The summed E-state index contributed by atoms with van der Waals surface area (Å²) in [4.78, 5) is 31.6. The maximum Gasteiger partial charge on any atom is 0.261 e. The number of thiophene rings is 1. The summed E-state index contributed by atoms with van der Waals surface area (Å²) in [5, 5.41) is 12.6. The Kier molecular flexibility index (Phi) is 4.20. The largest absolute Gasteiger partial charge is 0.393 e. The molecule has 108 valence electrons. The minimum atomic E-state index is -0.474. The standard InChI is InChI=1S/C13H17N3O3S/c1-6(4-7(2)17)16-12(19)10-8(3)9-11(18)14-5-15-13(9)20-10/h5-7,17H,4H2,1-3H3,(H,16,19)(H,14,15,18). The molecule has 0 fully saturated rings. The molecule has 0 bridgehead atoms. The van der Waals surface area contributed by atoms with E-state index >= 15 is 0 Å². The first kappa shape index (κ1) is 14.7. The van der Waals surface area contributed by atoms with Crippen molar-refractivity contribution in [2.45, 2.75) is 39.3 Å². The summed E-state index contributed by atoms with van der Waals surface area (Å²) in [5.41, 5.74) is 0.404. The molecule has 2 aromatic rings. The lowest BCUT2D eigenvalue weighted by atomic mass is 10.1. The Bertz CT molecular complexity index is 690. The lowest BCUT2D eigenvalue weighted by Gasteiger charge is -2.14. The topological polar surface area (TPSA) is 95.1 Å². The van der Waals surface area contributed by atoms with Gasteiger partial charge in [-0.3, -0.25) is 9.59 Å². The number of carbonyl (C=O) groups is 1. The van der Waals surface area contributed by atoms with Gasteiger partial charge in [-0.2, -0.15) is 0 Å². The highest BCUT2D eigenvalue weighted by atomic mass is 32.1. The second-order valence-electron chi connectivity index (χ2n) is 4.93. The third-order valence-electron chi connectivity index (χ3n) is 3.01. The summed E-state index contributed by atoms with van der Waals surface area (Å²) >= 11 is 1.20. The number of hydrogen-bond donors (Lipinski definition) is 3. The summed E-state index contributed by atoms with van der Waals surface area (Å²) in [5.74, 6) is -0.238. The van der Waals surface area contributed by atoms with Crippen LogP contribution in [0, 0.1) is 6.92 Å². The Balaban J connectivity index is 2.29. The molecule has 6 nitrogen and oxygen atoms in total. The molecule has 0 spiro atoms. The Hall–Kier alpha value is -1.73. The molecule has 2 unspecified atom stereocenters. The van der Waals surface area contributed by atoms with Crippen molar-refractivity contribution in [3.05, 3.63) is 27.1 Å². The molecule has 0 aliphatic rings. The highest BCUT2D eigenvalue weighted by molar-refractivity contribution is 7.20. The Morgan fingerprint density at radius 2 is 2.25 bits per heavy atom. The van der Waals surface area contributed by atoms with Gasteiger partial charge in [0.2, 0.25) is 0 Å². The van der Waals surface area contributed by atoms with Crippen molar-refractivity contribution >= 4 is 27.5 Å². The van der Waals surface area contributed by atoms with Crippen LogP contribution in [-0.2, 0) is 0 Å². The van der Waals surface area contributed by atoms with Crippen LogP contribution in [0.25, 0.3) is 10.2 Å². The number of rotatable bonds is 4. The molecule has 2 atom stereocenters. The van der Waals surface area contributed by atoms with Crippen LogP contribution in [0.5, 0.6) is 0 Å². The Labute approximate surface area is 119 Å². The molecule has 0 saturated heterocycles. The molecule has 7 heteroatoms. The zero-order valence-electron chi connectivity index (χ0n) is 11.6. The molecule has 0 aliphatic carbocycles. The van der Waals surface area contributed by atoms with Gasteiger partial charge in [-0.1, -0.05) is 0 Å². The fraction of sp³-hybridized carbons (Fsp3) is 0.462. The minimum absolute atomic E-state index is 0.140. The first-order valence-electron chi connectivity index (χ1n) is 6.36. The van der Waals surface area contributed by atoms with Gasteiger partial charge in [-0.05, 0) is 32.8 Å². The normalized spacial score (nSPS) is 14.2. The molecule has 1 amide bonds. The number of H-pyrrole nitrogens is 1. The molecule has 3 N–H and O–H groups in total. The zero-order chi connectivity index (χ0) is 14.9. The van der Waals surface area contributed by atoms with Crippen molar-refractivity contribution in [1.29, 1.82) is 0 Å². The molecular formula is C13H17N3O3S. The van der Waals surface area contributed by atoms with Gasteiger partial charge in [-0.15, -0.1) is 11.3 Å². The van der Waals surface area contributed by atoms with Crippen LogP contribution in [0.3, 0.4) is 0 Å². The van der Waals surface area contributed by atoms with E-state index in [1.54, 1.807) is 13.8 Å². The number of aliphatic hydroxyl groups is 1. The van der Waals surface area contributed by atoms with Crippen molar-refractivity contribution in [2.75, 3.05) is 0 Å². The monoisotopic (exact) mass is 295 g/mol. The van der Waals surface area contributed by atoms with Gasteiger partial charge in [0.25, 0.3) is 11.5 Å². The zero-order valence-corrected chi connectivity index (χ0v) is 12.4. The maximum atomic E-state index is 12.2. The predicted octanol–water partition coefficient (Wildman–Crippen LogP) is 1.18. The summed E-state index contributed by atoms with van der Waals surface area (Å²) in [6.07, 6.45) is 1.34. The number of aliphatic hydroxyl groups excluding tert-OH is 1. The molecular weight excluding hydrogens is 278 g/mol. The smallest absolute Gasteiger partial charge is 0.261 e. The van der Waals surface area contributed by atoms with E-state index in [9.17, 15) is 14.7 Å². The average Bonchev–Trinajstić information content (AvgIpc) is 2.67. The Morgan fingerprint density at radius 1 is 1.55 bits per heavy atom. The summed E-state index contributed by atoms with van der Waals surface area (Å²) in [6, 6.07) is -0.140. The second kappa shape index (κ2) is 5.72. The average molecular weight is 295 g/mol. The van der Waals surface area contributed by atoms with Gasteiger partial charge < -0.3 is 15.4 Å². The number of nitrogens with one attached hydrogen (secondary N) is 2. The van der Waals surface area contributed by atoms with E-state index < -0.39 is 6.10 Å². The van der Waals surface area contributed by atoms with Crippen LogP contribution in [0.1, 0.15) is 35.5 Å². The summed E-state index contributed by atoms with van der Waals surface area (Å²) in [7, 11) is 0. The highest BCUT2D eigenvalue weighted by Crippen LogP contribution is 2.26. The van der Waals surface area contributed by atoms with E-state index in [2.05, 4.69) is 15.3 Å². The number of amides is 1. The number of aromatic amines is 1. The predicted molar refractivity (Wildman–Crippen MR) is 78.2 cm³/mol. The number of nitrogens with zero attached hydrogens (tertiary/aromatic N) is 1. The highest BCUT2D eigenvalue weighted by Gasteiger charge is 2.19. The van der Waals surface area contributed by atoms with E-state index in [4.69, 9.17) is 0 Å². The fourth-order valence-electron chi connectivity index (χ4n) is 2.15. The molecule has 0 saturated carbocycles. The summed E-state index contributed by atoms with van der Waals surface area (Å²) in [6.45, 7) is 5.25. The lowest BCUT2D eigenvalue weighted by molar-refractivity contribution is 0.0926. The SMILES string of the molecule is Cc1c(C(=O)NC(C)CC(C)O)sc2nc[nH]c(=O)c12. The van der Waals surface area contributed by atoms with E-state index in [1.807, 2.05) is 6.92 Å². The van der Waals surface area contributed by atoms with E-state index in [0.29, 0.717) is 27.1 Å². The molecule has 2 rings (SSSR count). The van der Waals surface area contributed by atoms with Gasteiger partial charge in [0.15, 0.2) is 0 Å². The third kappa shape index (κ3) is 2.88. The van der Waals surface area contributed by atoms with Crippen LogP contribution in [0.4, 0.5) is 0 Å². The van der Waals surface area contributed by atoms with Gasteiger partial charge >= 0.3 is 0 Å². The number of carbonyl (C=O) groups excluding carboxylic acids is 1. The van der Waals surface area contributed by atoms with Crippen LogP contribution >= 0.6 is 11.3 Å². The number of aromatic nitrogens is 2. The first-order valence-corrected chi connectivity index (χ1v) is 7.17. The minimum Gasteiger partial charge on any atom is -0.393 e. The van der Waals surface area contributed by atoms with Gasteiger partial charge in [-0.25, -0.2) is 4.98 Å². The third-order valence-corrected chi connectivity index (χ3v) is 4.21. The van der Waals surface area contributed by atoms with E-state index in [1.165, 1.54) is 17.7 Å². The van der Waals surface area contributed by atoms with Crippen molar-refractivity contribution in [3.63, 3.8) is 0 Å². The molecule has 2 aromatic heterocycles. The second-order valence-corrected chi connectivity index (χ2v) is 5.93. The Morgan fingerprint density at radius 3 is 2.85 bits per heavy atom. The number of aryl methyl sites for hydroxylation is 1. The molecule has 0 aliphatic heterocycles. The quantitative estimate of drug-likeness (QED) is 0.789. The molecule has 0 radical (unpaired) electrons. The van der Waals surface area contributed by atoms with Crippen LogP contribution < -0.4 is 10.9 Å². The van der Waals surface area contributed by atoms with Crippen LogP contribution in [0.2, 0.25) is 0 Å². The van der Waals surface area contributed by atoms with E-state index in [0.717, 1.165) is 0 Å². The lowest BCUT2D eigenvalue weighted by Crippen LogP contribution is -2.34. The molecule has 20 heavy (non-hydrogen) atoms. The van der Waals surface area contributed by atoms with Crippen molar-refractivity contribution in [3.8, 4) is 0 Å². The molecule has 2 heterocycles. The summed E-state index contributed by atoms with van der Waals surface area (Å²) < 4.78 is 0. The fourth-order valence-corrected chi connectivity index (χ4v) is 3.21.